The minimum absolute atomic E-state index is 0.116. The van der Waals surface area contributed by atoms with Gasteiger partial charge in [0.1, 0.15) is 0 Å². The molecule has 11 heteroatoms. The van der Waals surface area contributed by atoms with Gasteiger partial charge in [-0.25, -0.2) is 0 Å². The Morgan fingerprint density at radius 1 is 1.00 bits per heavy atom. The van der Waals surface area contributed by atoms with E-state index in [2.05, 4.69) is 21.2 Å². The zero-order chi connectivity index (χ0) is 27.9. The summed E-state index contributed by atoms with van der Waals surface area (Å²) >= 11 is 5.05. The van der Waals surface area contributed by atoms with Crippen LogP contribution in [0.15, 0.2) is 59.7 Å². The molecule has 3 N–H and O–H groups in total. The standard InChI is InChI=1S/C27H27F3N4O3S/c1-16-11-17(2)25(18(3)12-16)33-24(35)15-37-22-10-9-19(13-23(22)36-4)14-31-34-26(38)32-21-8-6-5-7-20(21)27(28,29)30/h5-14H,15H2,1-4H3,(H,33,35)(H2,32,34,38). The molecule has 0 aliphatic heterocycles. The fourth-order valence-electron chi connectivity index (χ4n) is 3.73. The molecular weight excluding hydrogens is 517 g/mol. The molecule has 0 saturated carbocycles. The number of methoxy groups -OCH3 is 1. The molecule has 38 heavy (non-hydrogen) atoms. The molecule has 3 rings (SSSR count). The Hall–Kier alpha value is -4.12. The van der Waals surface area contributed by atoms with E-state index >= 15 is 0 Å². The summed E-state index contributed by atoms with van der Waals surface area (Å²) in [4.78, 5) is 12.5. The second-order valence-corrected chi connectivity index (χ2v) is 8.80. The number of nitrogens with zero attached hydrogens (tertiary/aromatic N) is 1. The number of hydrazone groups is 1. The lowest BCUT2D eigenvalue weighted by Gasteiger charge is -2.14. The molecule has 0 aliphatic carbocycles. The number of carbonyl (C=O) groups is 1. The highest BCUT2D eigenvalue weighted by atomic mass is 32.1. The Kier molecular flexibility index (Phi) is 9.30. The number of hydrogen-bond donors (Lipinski definition) is 3. The van der Waals surface area contributed by atoms with Gasteiger partial charge in [-0.1, -0.05) is 29.8 Å². The maximum Gasteiger partial charge on any atom is 0.418 e. The number of para-hydroxylation sites is 1. The van der Waals surface area contributed by atoms with E-state index in [1.807, 2.05) is 32.9 Å². The summed E-state index contributed by atoms with van der Waals surface area (Å²) in [6, 6.07) is 13.9. The van der Waals surface area contributed by atoms with Gasteiger partial charge >= 0.3 is 6.18 Å². The van der Waals surface area contributed by atoms with E-state index in [-0.39, 0.29) is 23.3 Å². The van der Waals surface area contributed by atoms with Crippen LogP contribution in [0.5, 0.6) is 11.5 Å². The van der Waals surface area contributed by atoms with Gasteiger partial charge in [0.05, 0.1) is 24.6 Å². The zero-order valence-electron chi connectivity index (χ0n) is 21.2. The molecule has 0 aliphatic rings. The molecule has 0 aromatic heterocycles. The van der Waals surface area contributed by atoms with Gasteiger partial charge < -0.3 is 20.1 Å². The van der Waals surface area contributed by atoms with Gasteiger partial charge in [-0.2, -0.15) is 18.3 Å². The fraction of sp³-hybridized carbons (Fsp3) is 0.222. The minimum atomic E-state index is -4.53. The first-order valence-corrected chi connectivity index (χ1v) is 11.8. The van der Waals surface area contributed by atoms with Crippen LogP contribution in [0.3, 0.4) is 0 Å². The Morgan fingerprint density at radius 2 is 1.68 bits per heavy atom. The van der Waals surface area contributed by atoms with Gasteiger partial charge in [0.2, 0.25) is 0 Å². The maximum absolute atomic E-state index is 13.1. The van der Waals surface area contributed by atoms with Crippen molar-refractivity contribution in [2.45, 2.75) is 26.9 Å². The molecule has 0 saturated heterocycles. The molecule has 0 fully saturated rings. The minimum Gasteiger partial charge on any atom is -0.493 e. The first-order valence-electron chi connectivity index (χ1n) is 11.4. The van der Waals surface area contributed by atoms with Crippen LogP contribution in [0.4, 0.5) is 24.5 Å². The quantitative estimate of drug-likeness (QED) is 0.184. The number of anilines is 2. The third kappa shape index (κ3) is 7.69. The van der Waals surface area contributed by atoms with Gasteiger partial charge in [-0.3, -0.25) is 10.2 Å². The Morgan fingerprint density at radius 3 is 2.34 bits per heavy atom. The largest absolute Gasteiger partial charge is 0.493 e. The normalized spacial score (nSPS) is 11.2. The van der Waals surface area contributed by atoms with Crippen molar-refractivity contribution in [2.75, 3.05) is 24.4 Å². The number of carbonyl (C=O) groups excluding carboxylic acids is 1. The van der Waals surface area contributed by atoms with Crippen molar-refractivity contribution in [3.63, 3.8) is 0 Å². The Bertz CT molecular complexity index is 1340. The van der Waals surface area contributed by atoms with Crippen LogP contribution in [-0.4, -0.2) is 31.0 Å². The molecule has 3 aromatic rings. The smallest absolute Gasteiger partial charge is 0.418 e. The number of benzene rings is 3. The van der Waals surface area contributed by atoms with Crippen molar-refractivity contribution in [1.29, 1.82) is 0 Å². The van der Waals surface area contributed by atoms with Crippen LogP contribution >= 0.6 is 12.2 Å². The molecule has 0 radical (unpaired) electrons. The van der Waals surface area contributed by atoms with E-state index < -0.39 is 11.7 Å². The van der Waals surface area contributed by atoms with E-state index in [9.17, 15) is 18.0 Å². The molecule has 0 bridgehead atoms. The van der Waals surface area contributed by atoms with E-state index in [1.165, 1.54) is 31.5 Å². The van der Waals surface area contributed by atoms with Crippen molar-refractivity contribution in [2.24, 2.45) is 5.10 Å². The topological polar surface area (TPSA) is 84.0 Å². The summed E-state index contributed by atoms with van der Waals surface area (Å²) in [6.45, 7) is 5.63. The summed E-state index contributed by atoms with van der Waals surface area (Å²) in [7, 11) is 1.46. The second-order valence-electron chi connectivity index (χ2n) is 8.39. The number of halogens is 3. The zero-order valence-corrected chi connectivity index (χ0v) is 22.0. The second kappa shape index (κ2) is 12.4. The van der Waals surface area contributed by atoms with Crippen molar-refractivity contribution in [1.82, 2.24) is 5.43 Å². The monoisotopic (exact) mass is 544 g/mol. The predicted molar refractivity (Wildman–Crippen MR) is 146 cm³/mol. The van der Waals surface area contributed by atoms with E-state index in [1.54, 1.807) is 18.2 Å². The SMILES string of the molecule is COc1cc(C=NNC(=S)Nc2ccccc2C(F)(F)F)ccc1OCC(=O)Nc1c(C)cc(C)cc1C. The van der Waals surface area contributed by atoms with Gasteiger partial charge in [0, 0.05) is 5.69 Å². The highest BCUT2D eigenvalue weighted by Crippen LogP contribution is 2.34. The number of ether oxygens (including phenoxy) is 2. The van der Waals surface area contributed by atoms with Crippen molar-refractivity contribution in [3.05, 3.63) is 82.4 Å². The summed E-state index contributed by atoms with van der Waals surface area (Å²) in [5, 5.41) is 9.21. The molecule has 200 valence electrons. The molecule has 0 unspecified atom stereocenters. The number of hydrogen-bond acceptors (Lipinski definition) is 5. The summed E-state index contributed by atoms with van der Waals surface area (Å²) in [5.41, 5.74) is 5.84. The summed E-state index contributed by atoms with van der Waals surface area (Å²) in [6.07, 6.45) is -3.12. The predicted octanol–water partition coefficient (Wildman–Crippen LogP) is 5.98. The van der Waals surface area contributed by atoms with Crippen LogP contribution in [0.2, 0.25) is 0 Å². The Balaban J connectivity index is 1.58. The highest BCUT2D eigenvalue weighted by Gasteiger charge is 2.33. The number of rotatable bonds is 8. The number of amides is 1. The van der Waals surface area contributed by atoms with Crippen LogP contribution in [-0.2, 0) is 11.0 Å². The van der Waals surface area contributed by atoms with Crippen LogP contribution in [0.1, 0.15) is 27.8 Å². The lowest BCUT2D eigenvalue weighted by atomic mass is 10.1. The van der Waals surface area contributed by atoms with Crippen LogP contribution < -0.4 is 25.5 Å². The van der Waals surface area contributed by atoms with Crippen molar-refractivity contribution in [3.8, 4) is 11.5 Å². The van der Waals surface area contributed by atoms with E-state index in [0.29, 0.717) is 17.1 Å². The van der Waals surface area contributed by atoms with Crippen LogP contribution in [0.25, 0.3) is 0 Å². The molecule has 7 nitrogen and oxygen atoms in total. The molecule has 0 heterocycles. The maximum atomic E-state index is 13.1. The molecule has 1 amide bonds. The first-order chi connectivity index (χ1) is 18.0. The fourth-order valence-corrected chi connectivity index (χ4v) is 3.90. The molecule has 3 aromatic carbocycles. The highest BCUT2D eigenvalue weighted by molar-refractivity contribution is 7.80. The average molecular weight is 545 g/mol. The van der Waals surface area contributed by atoms with Crippen LogP contribution in [0, 0.1) is 20.8 Å². The summed E-state index contributed by atoms with van der Waals surface area (Å²) in [5.74, 6) is 0.403. The van der Waals surface area contributed by atoms with Gasteiger partial charge in [0.15, 0.2) is 23.2 Å². The number of alkyl halides is 3. The number of nitrogens with one attached hydrogen (secondary N) is 3. The first kappa shape index (κ1) is 28.5. The van der Waals surface area contributed by atoms with Gasteiger partial charge in [-0.05, 0) is 80.0 Å². The van der Waals surface area contributed by atoms with Gasteiger partial charge in [-0.15, -0.1) is 0 Å². The Labute approximate surface area is 224 Å². The van der Waals surface area contributed by atoms with Crippen molar-refractivity contribution >= 4 is 40.8 Å². The van der Waals surface area contributed by atoms with Crippen molar-refractivity contribution < 1.29 is 27.4 Å². The third-order valence-corrected chi connectivity index (χ3v) is 5.54. The van der Waals surface area contributed by atoms with E-state index in [0.717, 1.165) is 28.4 Å². The van der Waals surface area contributed by atoms with Gasteiger partial charge in [0.25, 0.3) is 5.91 Å². The lowest BCUT2D eigenvalue weighted by molar-refractivity contribution is -0.136. The number of thiocarbonyl (C=S) groups is 1. The molecule has 0 spiro atoms. The lowest BCUT2D eigenvalue weighted by Crippen LogP contribution is -2.25. The summed E-state index contributed by atoms with van der Waals surface area (Å²) < 4.78 is 50.4. The average Bonchev–Trinajstić information content (AvgIpc) is 2.85. The number of aryl methyl sites for hydroxylation is 3. The van der Waals surface area contributed by atoms with E-state index in [4.69, 9.17) is 21.7 Å². The molecular formula is C27H27F3N4O3S. The third-order valence-electron chi connectivity index (χ3n) is 5.35. The molecule has 0 atom stereocenters.